The van der Waals surface area contributed by atoms with E-state index < -0.39 is 0 Å². The van der Waals surface area contributed by atoms with Gasteiger partial charge in [-0.05, 0) is 33.1 Å². The highest BCUT2D eigenvalue weighted by Gasteiger charge is 2.24. The van der Waals surface area contributed by atoms with Gasteiger partial charge in [0, 0.05) is 19.7 Å². The molecule has 1 aliphatic heterocycles. The van der Waals surface area contributed by atoms with E-state index in [2.05, 4.69) is 45.5 Å². The quantitative estimate of drug-likeness (QED) is 0.662. The van der Waals surface area contributed by atoms with Crippen molar-refractivity contribution < 1.29 is 9.84 Å². The average Bonchev–Trinajstić information content (AvgIpc) is 2.99. The van der Waals surface area contributed by atoms with Gasteiger partial charge >= 0.3 is 0 Å². The van der Waals surface area contributed by atoms with E-state index >= 15 is 0 Å². The molecule has 0 spiro atoms. The molecule has 136 valence electrons. The van der Waals surface area contributed by atoms with Crippen molar-refractivity contribution in [1.29, 1.82) is 0 Å². The van der Waals surface area contributed by atoms with Gasteiger partial charge in [0.2, 0.25) is 5.95 Å². The van der Waals surface area contributed by atoms with Gasteiger partial charge < -0.3 is 20.5 Å². The molecule has 0 aromatic carbocycles. The van der Waals surface area contributed by atoms with Crippen LogP contribution in [-0.2, 0) is 4.74 Å². The van der Waals surface area contributed by atoms with E-state index in [1.54, 1.807) is 6.33 Å². The topological polar surface area (TPSA) is 97.1 Å². The van der Waals surface area contributed by atoms with E-state index in [0.717, 1.165) is 31.5 Å². The van der Waals surface area contributed by atoms with Crippen molar-refractivity contribution in [3.63, 3.8) is 0 Å². The first-order valence-electron chi connectivity index (χ1n) is 8.77. The van der Waals surface area contributed by atoms with Crippen molar-refractivity contribution in [3.8, 4) is 0 Å². The Morgan fingerprint density at radius 3 is 2.96 bits per heavy atom. The zero-order valence-electron chi connectivity index (χ0n) is 14.8. The minimum Gasteiger partial charge on any atom is -0.395 e. The third-order valence-electron chi connectivity index (χ3n) is 4.10. The number of nitrogens with zero attached hydrogens (tertiary/aromatic N) is 4. The number of imidazole rings is 1. The normalized spacial score (nSPS) is 17.5. The molecule has 8 nitrogen and oxygen atoms in total. The molecule has 3 N–H and O–H groups in total. The van der Waals surface area contributed by atoms with Gasteiger partial charge in [0.1, 0.15) is 12.6 Å². The number of allylic oxidation sites excluding steroid dienone is 1. The zero-order chi connectivity index (χ0) is 17.6. The smallest absolute Gasteiger partial charge is 0.207 e. The molecule has 0 amide bonds. The van der Waals surface area contributed by atoms with Crippen molar-refractivity contribution in [2.75, 3.05) is 36.9 Å². The lowest BCUT2D eigenvalue weighted by Crippen LogP contribution is -2.21. The fourth-order valence-electron chi connectivity index (χ4n) is 2.88. The summed E-state index contributed by atoms with van der Waals surface area (Å²) in [6.07, 6.45) is 6.65. The summed E-state index contributed by atoms with van der Waals surface area (Å²) in [5, 5.41) is 15.6. The van der Waals surface area contributed by atoms with Gasteiger partial charge in [0.05, 0.1) is 6.61 Å². The van der Waals surface area contributed by atoms with Gasteiger partial charge in [0.25, 0.3) is 0 Å². The first kappa shape index (κ1) is 17.6. The number of fused-ring (bicyclic) bond motifs is 1. The molecular formula is C17H26N6O2. The molecule has 0 aliphatic carbocycles. The summed E-state index contributed by atoms with van der Waals surface area (Å²) in [6, 6.07) is 0. The molecule has 25 heavy (non-hydrogen) atoms. The third kappa shape index (κ3) is 4.08. The zero-order valence-corrected chi connectivity index (χ0v) is 14.8. The fourth-order valence-corrected chi connectivity index (χ4v) is 2.88. The van der Waals surface area contributed by atoms with Crippen LogP contribution in [0.25, 0.3) is 11.2 Å². The summed E-state index contributed by atoms with van der Waals surface area (Å²) < 4.78 is 7.92. The van der Waals surface area contributed by atoms with E-state index in [4.69, 9.17) is 9.84 Å². The Bertz CT molecular complexity index is 732. The van der Waals surface area contributed by atoms with Crippen molar-refractivity contribution in [3.05, 3.63) is 18.0 Å². The molecule has 0 radical (unpaired) electrons. The SMILES string of the molecule is CC(C)=CCNc1ncnc2c1nc(NCCO)n2C1CCCCO1. The minimum atomic E-state index is -0.0968. The highest BCUT2D eigenvalue weighted by atomic mass is 16.5. The second kappa shape index (κ2) is 8.26. The van der Waals surface area contributed by atoms with E-state index in [-0.39, 0.29) is 12.8 Å². The number of nitrogens with one attached hydrogen (secondary N) is 2. The monoisotopic (exact) mass is 346 g/mol. The van der Waals surface area contributed by atoms with E-state index in [1.807, 2.05) is 4.57 Å². The number of hydrogen-bond acceptors (Lipinski definition) is 7. The molecule has 0 bridgehead atoms. The molecule has 1 saturated heterocycles. The maximum Gasteiger partial charge on any atom is 0.207 e. The Morgan fingerprint density at radius 2 is 2.24 bits per heavy atom. The number of aromatic nitrogens is 4. The maximum atomic E-state index is 9.15. The number of aliphatic hydroxyl groups excluding tert-OH is 1. The van der Waals surface area contributed by atoms with Crippen LogP contribution in [0.15, 0.2) is 18.0 Å². The predicted molar refractivity (Wildman–Crippen MR) is 97.7 cm³/mol. The van der Waals surface area contributed by atoms with Crippen LogP contribution in [0, 0.1) is 0 Å². The van der Waals surface area contributed by atoms with Crippen LogP contribution >= 0.6 is 0 Å². The number of aliphatic hydroxyl groups is 1. The highest BCUT2D eigenvalue weighted by molar-refractivity contribution is 5.85. The molecule has 1 unspecified atom stereocenters. The summed E-state index contributed by atoms with van der Waals surface area (Å²) in [7, 11) is 0. The van der Waals surface area contributed by atoms with Crippen LogP contribution in [0.4, 0.5) is 11.8 Å². The van der Waals surface area contributed by atoms with Crippen LogP contribution in [-0.4, -0.2) is 50.9 Å². The highest BCUT2D eigenvalue weighted by Crippen LogP contribution is 2.31. The molecule has 2 aromatic rings. The molecule has 8 heteroatoms. The second-order valence-electron chi connectivity index (χ2n) is 6.33. The molecule has 0 saturated carbocycles. The maximum absolute atomic E-state index is 9.15. The molecule has 2 aromatic heterocycles. The Labute approximate surface area is 147 Å². The number of ether oxygens (including phenoxy) is 1. The molecule has 3 heterocycles. The number of rotatable bonds is 7. The molecule has 1 aliphatic rings. The van der Waals surface area contributed by atoms with Gasteiger partial charge in [0.15, 0.2) is 17.0 Å². The van der Waals surface area contributed by atoms with Gasteiger partial charge in [-0.15, -0.1) is 0 Å². The van der Waals surface area contributed by atoms with Crippen LogP contribution in [0.2, 0.25) is 0 Å². The minimum absolute atomic E-state index is 0.0338. The van der Waals surface area contributed by atoms with Crippen molar-refractivity contribution in [2.45, 2.75) is 39.3 Å². The van der Waals surface area contributed by atoms with Gasteiger partial charge in [-0.2, -0.15) is 0 Å². The van der Waals surface area contributed by atoms with Crippen LogP contribution in [0.5, 0.6) is 0 Å². The Balaban J connectivity index is 1.98. The largest absolute Gasteiger partial charge is 0.395 e. The summed E-state index contributed by atoms with van der Waals surface area (Å²) in [6.45, 7) is 5.99. The van der Waals surface area contributed by atoms with Gasteiger partial charge in [-0.3, -0.25) is 4.57 Å². The first-order chi connectivity index (χ1) is 12.2. The van der Waals surface area contributed by atoms with Gasteiger partial charge in [-0.25, -0.2) is 15.0 Å². The number of hydrogen-bond donors (Lipinski definition) is 3. The van der Waals surface area contributed by atoms with Crippen LogP contribution in [0.1, 0.15) is 39.3 Å². The second-order valence-corrected chi connectivity index (χ2v) is 6.33. The standard InChI is InChI=1S/C17H26N6O2/c1-12(2)6-7-18-15-14-16(21-11-20-15)23(13-5-3-4-10-25-13)17(22-14)19-8-9-24/h6,11,13,24H,3-5,7-10H2,1-2H3,(H,19,22)(H,18,20,21). The number of anilines is 2. The predicted octanol–water partition coefficient (Wildman–Crippen LogP) is 2.31. The van der Waals surface area contributed by atoms with Gasteiger partial charge in [-0.1, -0.05) is 11.6 Å². The summed E-state index contributed by atoms with van der Waals surface area (Å²) in [4.78, 5) is 13.5. The Hall–Kier alpha value is -2.19. The van der Waals surface area contributed by atoms with Crippen molar-refractivity contribution in [1.82, 2.24) is 19.5 Å². The lowest BCUT2D eigenvalue weighted by molar-refractivity contribution is -0.0285. The fraction of sp³-hybridized carbons (Fsp3) is 0.588. The Morgan fingerprint density at radius 1 is 1.36 bits per heavy atom. The van der Waals surface area contributed by atoms with Crippen LogP contribution < -0.4 is 10.6 Å². The van der Waals surface area contributed by atoms with Crippen LogP contribution in [0.3, 0.4) is 0 Å². The van der Waals surface area contributed by atoms with Crippen molar-refractivity contribution in [2.24, 2.45) is 0 Å². The molecule has 1 fully saturated rings. The summed E-state index contributed by atoms with van der Waals surface area (Å²) >= 11 is 0. The van der Waals surface area contributed by atoms with E-state index in [1.165, 1.54) is 5.57 Å². The lowest BCUT2D eigenvalue weighted by atomic mass is 10.2. The first-order valence-corrected chi connectivity index (χ1v) is 8.77. The summed E-state index contributed by atoms with van der Waals surface area (Å²) in [5.41, 5.74) is 2.69. The lowest BCUT2D eigenvalue weighted by Gasteiger charge is -2.25. The molecule has 1 atom stereocenters. The van der Waals surface area contributed by atoms with Crippen molar-refractivity contribution >= 4 is 22.9 Å². The third-order valence-corrected chi connectivity index (χ3v) is 4.10. The summed E-state index contributed by atoms with van der Waals surface area (Å²) in [5.74, 6) is 1.35. The van der Waals surface area contributed by atoms with E-state index in [0.29, 0.717) is 30.4 Å². The molecule has 3 rings (SSSR count). The molecular weight excluding hydrogens is 320 g/mol. The average molecular weight is 346 g/mol. The van der Waals surface area contributed by atoms with E-state index in [9.17, 15) is 0 Å². The Kier molecular flexibility index (Phi) is 5.83.